The van der Waals surface area contributed by atoms with Crippen molar-refractivity contribution in [3.8, 4) is 0 Å². The molecular formula is C13H22N2O5S. The fourth-order valence-electron chi connectivity index (χ4n) is 2.35. The Bertz CT molecular complexity index is 383. The summed E-state index contributed by atoms with van der Waals surface area (Å²) in [4.78, 5) is 33.2. The van der Waals surface area contributed by atoms with Gasteiger partial charge in [0.2, 0.25) is 0 Å². The van der Waals surface area contributed by atoms with Crippen LogP contribution in [-0.4, -0.2) is 51.8 Å². The standard InChI is InChI=1S/C13H22N2O5S/c1-21-9-4-2-8(3-5-9)14-13(20)15-10(12(18)19)6-7-11(16)17/h8-10H,2-7H2,1H3,(H,16,17)(H,18,19)(H2,14,15,20)/t8?,9?,10-/m0/s1. The first-order chi connectivity index (χ1) is 9.92. The Labute approximate surface area is 127 Å². The maximum absolute atomic E-state index is 11.8. The van der Waals surface area contributed by atoms with Gasteiger partial charge in [-0.3, -0.25) is 4.79 Å². The summed E-state index contributed by atoms with van der Waals surface area (Å²) in [6.45, 7) is 0. The summed E-state index contributed by atoms with van der Waals surface area (Å²) < 4.78 is 0. The molecule has 0 radical (unpaired) electrons. The lowest BCUT2D eigenvalue weighted by Gasteiger charge is -2.28. The lowest BCUT2D eigenvalue weighted by Crippen LogP contribution is -2.49. The number of hydrogen-bond donors (Lipinski definition) is 4. The molecule has 2 amide bonds. The van der Waals surface area contributed by atoms with E-state index in [9.17, 15) is 14.4 Å². The van der Waals surface area contributed by atoms with E-state index in [-0.39, 0.29) is 18.9 Å². The van der Waals surface area contributed by atoms with E-state index in [0.717, 1.165) is 25.7 Å². The number of hydrogen-bond acceptors (Lipinski definition) is 4. The molecule has 0 heterocycles. The van der Waals surface area contributed by atoms with Crippen LogP contribution in [0.4, 0.5) is 4.79 Å². The third-order valence-corrected chi connectivity index (χ3v) is 4.73. The summed E-state index contributed by atoms with van der Waals surface area (Å²) in [5.74, 6) is -2.31. The van der Waals surface area contributed by atoms with Gasteiger partial charge in [0.1, 0.15) is 6.04 Å². The number of amides is 2. The average Bonchev–Trinajstić information content (AvgIpc) is 2.43. The van der Waals surface area contributed by atoms with E-state index in [4.69, 9.17) is 10.2 Å². The lowest BCUT2D eigenvalue weighted by molar-refractivity contribution is -0.140. The number of urea groups is 1. The Morgan fingerprint density at radius 2 is 1.81 bits per heavy atom. The van der Waals surface area contributed by atoms with Crippen molar-refractivity contribution in [2.75, 3.05) is 6.26 Å². The van der Waals surface area contributed by atoms with Crippen LogP contribution in [0, 0.1) is 0 Å². The van der Waals surface area contributed by atoms with Crippen LogP contribution in [0.2, 0.25) is 0 Å². The minimum atomic E-state index is -1.22. The van der Waals surface area contributed by atoms with Gasteiger partial charge in [-0.2, -0.15) is 11.8 Å². The first kappa shape index (κ1) is 17.6. The molecule has 0 aromatic heterocycles. The van der Waals surface area contributed by atoms with E-state index in [1.54, 1.807) is 0 Å². The molecule has 1 saturated carbocycles. The van der Waals surface area contributed by atoms with E-state index in [1.165, 1.54) is 0 Å². The van der Waals surface area contributed by atoms with Gasteiger partial charge in [-0.15, -0.1) is 0 Å². The maximum Gasteiger partial charge on any atom is 0.326 e. The molecular weight excluding hydrogens is 296 g/mol. The molecule has 0 spiro atoms. The smallest absolute Gasteiger partial charge is 0.326 e. The van der Waals surface area contributed by atoms with Crippen LogP contribution in [-0.2, 0) is 9.59 Å². The number of carboxylic acid groups (broad SMARTS) is 2. The van der Waals surface area contributed by atoms with Crippen molar-refractivity contribution in [3.63, 3.8) is 0 Å². The van der Waals surface area contributed by atoms with Crippen molar-refractivity contribution in [2.45, 2.75) is 55.9 Å². The number of rotatable bonds is 7. The number of nitrogens with one attached hydrogen (secondary N) is 2. The highest BCUT2D eigenvalue weighted by Gasteiger charge is 2.24. The normalized spacial score (nSPS) is 23.1. The highest BCUT2D eigenvalue weighted by molar-refractivity contribution is 7.99. The van der Waals surface area contributed by atoms with Crippen molar-refractivity contribution in [1.29, 1.82) is 0 Å². The molecule has 7 nitrogen and oxygen atoms in total. The van der Waals surface area contributed by atoms with E-state index in [1.807, 2.05) is 11.8 Å². The van der Waals surface area contributed by atoms with Crippen molar-refractivity contribution in [3.05, 3.63) is 0 Å². The molecule has 1 atom stereocenters. The number of carbonyl (C=O) groups is 3. The highest BCUT2D eigenvalue weighted by Crippen LogP contribution is 2.26. The molecule has 0 saturated heterocycles. The molecule has 4 N–H and O–H groups in total. The molecule has 1 fully saturated rings. The Kier molecular flexibility index (Phi) is 7.35. The molecule has 1 aliphatic carbocycles. The number of carbonyl (C=O) groups excluding carboxylic acids is 1. The summed E-state index contributed by atoms with van der Waals surface area (Å²) in [5.41, 5.74) is 0. The van der Waals surface area contributed by atoms with Crippen LogP contribution in [0.5, 0.6) is 0 Å². The molecule has 1 rings (SSSR count). The Balaban J connectivity index is 2.36. The van der Waals surface area contributed by atoms with Gasteiger partial charge >= 0.3 is 18.0 Å². The second kappa shape index (κ2) is 8.76. The van der Waals surface area contributed by atoms with Gasteiger partial charge in [0, 0.05) is 17.7 Å². The van der Waals surface area contributed by atoms with Crippen molar-refractivity contribution >= 4 is 29.7 Å². The van der Waals surface area contributed by atoms with Gasteiger partial charge in [-0.25, -0.2) is 9.59 Å². The monoisotopic (exact) mass is 318 g/mol. The van der Waals surface area contributed by atoms with Crippen LogP contribution < -0.4 is 10.6 Å². The van der Waals surface area contributed by atoms with Crippen molar-refractivity contribution in [2.24, 2.45) is 0 Å². The predicted molar refractivity (Wildman–Crippen MR) is 79.5 cm³/mol. The van der Waals surface area contributed by atoms with Crippen LogP contribution in [0.3, 0.4) is 0 Å². The van der Waals surface area contributed by atoms with Crippen LogP contribution in [0.1, 0.15) is 38.5 Å². The molecule has 0 aromatic carbocycles. The third-order valence-electron chi connectivity index (χ3n) is 3.59. The largest absolute Gasteiger partial charge is 0.481 e. The Morgan fingerprint density at radius 3 is 2.29 bits per heavy atom. The lowest BCUT2D eigenvalue weighted by atomic mass is 9.95. The first-order valence-corrected chi connectivity index (χ1v) is 8.25. The van der Waals surface area contributed by atoms with Gasteiger partial charge in [-0.05, 0) is 38.4 Å². The van der Waals surface area contributed by atoms with Gasteiger partial charge in [0.25, 0.3) is 0 Å². The minimum absolute atomic E-state index is 0.0577. The van der Waals surface area contributed by atoms with E-state index < -0.39 is 24.0 Å². The number of aliphatic carboxylic acids is 2. The molecule has 0 unspecified atom stereocenters. The molecule has 0 aliphatic heterocycles. The summed E-state index contributed by atoms with van der Waals surface area (Å²) in [6.07, 6.45) is 5.48. The zero-order valence-corrected chi connectivity index (χ0v) is 12.8. The van der Waals surface area contributed by atoms with E-state index >= 15 is 0 Å². The van der Waals surface area contributed by atoms with Gasteiger partial charge in [0.15, 0.2) is 0 Å². The molecule has 8 heteroatoms. The Morgan fingerprint density at radius 1 is 1.19 bits per heavy atom. The van der Waals surface area contributed by atoms with Gasteiger partial charge in [0.05, 0.1) is 0 Å². The summed E-state index contributed by atoms with van der Waals surface area (Å²) in [5, 5.41) is 23.3. The zero-order chi connectivity index (χ0) is 15.8. The van der Waals surface area contributed by atoms with Crippen LogP contribution >= 0.6 is 11.8 Å². The highest BCUT2D eigenvalue weighted by atomic mass is 32.2. The van der Waals surface area contributed by atoms with Crippen LogP contribution in [0.25, 0.3) is 0 Å². The second-order valence-corrected chi connectivity index (χ2v) is 6.29. The van der Waals surface area contributed by atoms with Crippen molar-refractivity contribution in [1.82, 2.24) is 10.6 Å². The SMILES string of the molecule is CSC1CCC(NC(=O)N[C@@H](CCC(=O)O)C(=O)O)CC1. The van der Waals surface area contributed by atoms with Gasteiger partial charge < -0.3 is 20.8 Å². The topological polar surface area (TPSA) is 116 Å². The quantitative estimate of drug-likeness (QED) is 0.562. The molecule has 0 aromatic rings. The maximum atomic E-state index is 11.8. The third kappa shape index (κ3) is 6.70. The molecule has 21 heavy (non-hydrogen) atoms. The first-order valence-electron chi connectivity index (χ1n) is 6.96. The fraction of sp³-hybridized carbons (Fsp3) is 0.769. The zero-order valence-electron chi connectivity index (χ0n) is 12.0. The average molecular weight is 318 g/mol. The minimum Gasteiger partial charge on any atom is -0.481 e. The fourth-order valence-corrected chi connectivity index (χ4v) is 3.10. The Hall–Kier alpha value is -1.44. The van der Waals surface area contributed by atoms with Gasteiger partial charge in [-0.1, -0.05) is 0 Å². The summed E-state index contributed by atoms with van der Waals surface area (Å²) in [7, 11) is 0. The molecule has 0 bridgehead atoms. The van der Waals surface area contributed by atoms with E-state index in [2.05, 4.69) is 16.9 Å². The second-order valence-electron chi connectivity index (χ2n) is 5.15. The molecule has 1 aliphatic rings. The summed E-state index contributed by atoms with van der Waals surface area (Å²) >= 11 is 1.83. The van der Waals surface area contributed by atoms with Crippen molar-refractivity contribution < 1.29 is 24.6 Å². The number of thioether (sulfide) groups is 1. The summed E-state index contributed by atoms with van der Waals surface area (Å²) in [6, 6.07) is -1.66. The van der Waals surface area contributed by atoms with Crippen LogP contribution in [0.15, 0.2) is 0 Å². The predicted octanol–water partition coefficient (Wildman–Crippen LogP) is 1.28. The number of carboxylic acids is 2. The van der Waals surface area contributed by atoms with E-state index in [0.29, 0.717) is 5.25 Å². The molecule has 120 valence electrons.